The molecule has 4 heteroatoms. The van der Waals surface area contributed by atoms with Crippen LogP contribution in [-0.4, -0.2) is 10.7 Å². The van der Waals surface area contributed by atoms with E-state index < -0.39 is 0 Å². The summed E-state index contributed by atoms with van der Waals surface area (Å²) in [6, 6.07) is 27.2. The van der Waals surface area contributed by atoms with Crippen molar-refractivity contribution in [3.05, 3.63) is 131 Å². The minimum Gasteiger partial charge on any atom is -0.205 e. The van der Waals surface area contributed by atoms with Gasteiger partial charge in [-0.25, -0.2) is 9.13 Å². The van der Waals surface area contributed by atoms with Gasteiger partial charge in [-0.15, -0.1) is 0 Å². The van der Waals surface area contributed by atoms with E-state index in [0.29, 0.717) is 0 Å². The first-order valence-corrected chi connectivity index (χ1v) is 19.0. The first-order chi connectivity index (χ1) is 21.6. The molecule has 0 aliphatic carbocycles. The molecule has 0 saturated heterocycles. The molecule has 236 valence electrons. The number of rotatable bonds is 18. The lowest BCUT2D eigenvalue weighted by molar-refractivity contribution is -0.697. The molecule has 2 heterocycles. The first kappa shape index (κ1) is 36.2. The van der Waals surface area contributed by atoms with Crippen molar-refractivity contribution in [3.63, 3.8) is 0 Å². The van der Waals surface area contributed by atoms with Crippen LogP contribution in [0.5, 0.6) is 0 Å². The third-order valence-electron chi connectivity index (χ3n) is 8.12. The van der Waals surface area contributed by atoms with Crippen LogP contribution in [0.4, 0.5) is 0 Å². The number of unbranched alkanes of at least 4 members (excludes halogenated alkanes) is 4. The number of alkyl halides is 2. The molecule has 4 aromatic rings. The quantitative estimate of drug-likeness (QED) is 0.0549. The van der Waals surface area contributed by atoms with E-state index in [1.165, 1.54) is 110 Å². The Morgan fingerprint density at radius 2 is 0.659 bits per heavy atom. The van der Waals surface area contributed by atoms with Crippen LogP contribution in [0, 0.1) is 13.8 Å². The van der Waals surface area contributed by atoms with Crippen LogP contribution in [0.25, 0.3) is 0 Å². The van der Waals surface area contributed by atoms with Crippen LogP contribution in [-0.2, 0) is 38.8 Å². The van der Waals surface area contributed by atoms with E-state index in [2.05, 4.69) is 152 Å². The molecule has 0 spiro atoms. The monoisotopic (exact) mass is 720 g/mol. The average molecular weight is 723 g/mol. The standard InChI is InChI=1S/C26H34N2.C14H20Br2/c1-23-13-19-27(20-14-23)17-5-3-7-25-9-11-26(12-10-25)8-4-6-18-28-21-15-24(2)16-22-28;15-11-3-1-5-13-7-9-14(10-8-13)6-2-4-12-16/h9-16,19-22H,3-8,17-18H2,1-2H3;7-10H,1-6,11-12H2/q+2;. The predicted octanol–water partition coefficient (Wildman–Crippen LogP) is 10.0. The molecular formula is C40H54Br2N2+2. The molecule has 4 rings (SSSR count). The van der Waals surface area contributed by atoms with Crippen LogP contribution >= 0.6 is 31.9 Å². The molecule has 0 unspecified atom stereocenters. The third kappa shape index (κ3) is 15.6. The maximum absolute atomic E-state index is 3.47. The number of hydrogen-bond donors (Lipinski definition) is 0. The lowest BCUT2D eigenvalue weighted by Gasteiger charge is -2.04. The highest BCUT2D eigenvalue weighted by Crippen LogP contribution is 2.12. The fraction of sp³-hybridized carbons (Fsp3) is 0.450. The van der Waals surface area contributed by atoms with E-state index in [4.69, 9.17) is 0 Å². The summed E-state index contributed by atoms with van der Waals surface area (Å²) in [5, 5.41) is 2.25. The Bertz CT molecular complexity index is 1170. The van der Waals surface area contributed by atoms with Gasteiger partial charge in [0.25, 0.3) is 0 Å². The summed E-state index contributed by atoms with van der Waals surface area (Å²) in [6.45, 7) is 6.49. The predicted molar refractivity (Wildman–Crippen MR) is 195 cm³/mol. The van der Waals surface area contributed by atoms with Crippen molar-refractivity contribution in [2.45, 2.75) is 104 Å². The van der Waals surface area contributed by atoms with Gasteiger partial charge in [-0.05, 0) is 111 Å². The molecule has 44 heavy (non-hydrogen) atoms. The molecule has 0 radical (unpaired) electrons. The fourth-order valence-corrected chi connectivity index (χ4v) is 5.99. The van der Waals surface area contributed by atoms with Crippen LogP contribution in [0.1, 0.15) is 84.7 Å². The minimum atomic E-state index is 1.11. The number of hydrogen-bond acceptors (Lipinski definition) is 0. The number of halogens is 2. The number of aryl methyl sites for hydroxylation is 8. The fourth-order valence-electron chi connectivity index (χ4n) is 5.20. The maximum atomic E-state index is 3.47. The van der Waals surface area contributed by atoms with Crippen molar-refractivity contribution >= 4 is 31.9 Å². The molecule has 2 nitrogen and oxygen atoms in total. The Kier molecular flexibility index (Phi) is 18.3. The smallest absolute Gasteiger partial charge is 0.169 e. The molecular weight excluding hydrogens is 668 g/mol. The van der Waals surface area contributed by atoms with Gasteiger partial charge in [0.2, 0.25) is 0 Å². The Morgan fingerprint density at radius 1 is 0.386 bits per heavy atom. The van der Waals surface area contributed by atoms with Crippen molar-refractivity contribution in [3.8, 4) is 0 Å². The lowest BCUT2D eigenvalue weighted by Crippen LogP contribution is -2.32. The topological polar surface area (TPSA) is 7.76 Å². The molecule has 0 bridgehead atoms. The molecule has 0 aliphatic rings. The van der Waals surface area contributed by atoms with E-state index in [1.54, 1.807) is 0 Å². The van der Waals surface area contributed by atoms with Gasteiger partial charge in [0.15, 0.2) is 24.8 Å². The highest BCUT2D eigenvalue weighted by molar-refractivity contribution is 9.09. The summed E-state index contributed by atoms with van der Waals surface area (Å²) < 4.78 is 4.57. The third-order valence-corrected chi connectivity index (χ3v) is 9.24. The SMILES string of the molecule is BrCCCCc1ccc(CCCCBr)cc1.Cc1cc[n+](CCCCc2ccc(CCCC[n+]3ccc(C)cc3)cc2)cc1. The second kappa shape index (κ2) is 22.2. The molecule has 2 aromatic heterocycles. The second-order valence-corrected chi connectivity index (χ2v) is 13.7. The van der Waals surface area contributed by atoms with Crippen molar-refractivity contribution in [2.75, 3.05) is 10.7 Å². The summed E-state index contributed by atoms with van der Waals surface area (Å²) in [5.74, 6) is 0. The van der Waals surface area contributed by atoms with Crippen LogP contribution < -0.4 is 9.13 Å². The second-order valence-electron chi connectivity index (χ2n) is 12.1. The van der Waals surface area contributed by atoms with Gasteiger partial charge >= 0.3 is 0 Å². The zero-order valence-corrected chi connectivity index (χ0v) is 30.4. The van der Waals surface area contributed by atoms with Crippen LogP contribution in [0.3, 0.4) is 0 Å². The normalized spacial score (nSPS) is 10.8. The van der Waals surface area contributed by atoms with Gasteiger partial charge in [-0.3, -0.25) is 0 Å². The largest absolute Gasteiger partial charge is 0.205 e. The molecule has 0 fully saturated rings. The Labute approximate surface area is 285 Å². The number of pyridine rings is 2. The van der Waals surface area contributed by atoms with Crippen molar-refractivity contribution in [1.82, 2.24) is 0 Å². The number of aromatic nitrogens is 2. The maximum Gasteiger partial charge on any atom is 0.169 e. The molecule has 0 amide bonds. The summed E-state index contributed by atoms with van der Waals surface area (Å²) in [6.07, 6.45) is 23.6. The van der Waals surface area contributed by atoms with Gasteiger partial charge in [-0.2, -0.15) is 0 Å². The summed E-state index contributed by atoms with van der Waals surface area (Å²) in [7, 11) is 0. The van der Waals surface area contributed by atoms with Crippen molar-refractivity contribution < 1.29 is 9.13 Å². The highest BCUT2D eigenvalue weighted by Gasteiger charge is 2.03. The molecule has 0 saturated carbocycles. The summed E-state index contributed by atoms with van der Waals surface area (Å²) in [4.78, 5) is 0. The summed E-state index contributed by atoms with van der Waals surface area (Å²) in [5.41, 5.74) is 8.53. The Morgan fingerprint density at radius 3 is 0.932 bits per heavy atom. The lowest BCUT2D eigenvalue weighted by atomic mass is 10.0. The first-order valence-electron chi connectivity index (χ1n) is 16.7. The molecule has 0 N–H and O–H groups in total. The Balaban J connectivity index is 0.000000281. The van der Waals surface area contributed by atoms with Gasteiger partial charge in [0.05, 0.1) is 0 Å². The van der Waals surface area contributed by atoms with Gasteiger partial charge in [0.1, 0.15) is 13.1 Å². The molecule has 2 aromatic carbocycles. The van der Waals surface area contributed by atoms with E-state index in [1.807, 2.05) is 0 Å². The number of benzene rings is 2. The van der Waals surface area contributed by atoms with Crippen molar-refractivity contribution in [2.24, 2.45) is 0 Å². The van der Waals surface area contributed by atoms with E-state index in [0.717, 1.165) is 23.7 Å². The van der Waals surface area contributed by atoms with Crippen LogP contribution in [0.15, 0.2) is 97.6 Å². The average Bonchev–Trinajstić information content (AvgIpc) is 3.05. The van der Waals surface area contributed by atoms with Crippen molar-refractivity contribution in [1.29, 1.82) is 0 Å². The minimum absolute atomic E-state index is 1.11. The van der Waals surface area contributed by atoms with Gasteiger partial charge < -0.3 is 0 Å². The highest BCUT2D eigenvalue weighted by atomic mass is 79.9. The zero-order valence-electron chi connectivity index (χ0n) is 27.2. The Hall–Kier alpha value is -2.30. The van der Waals surface area contributed by atoms with Gasteiger partial charge in [-0.1, -0.05) is 80.4 Å². The van der Waals surface area contributed by atoms with Gasteiger partial charge in [0, 0.05) is 47.8 Å². The van der Waals surface area contributed by atoms with E-state index in [9.17, 15) is 0 Å². The summed E-state index contributed by atoms with van der Waals surface area (Å²) >= 11 is 6.93. The zero-order chi connectivity index (χ0) is 31.2. The molecule has 0 atom stereocenters. The van der Waals surface area contributed by atoms with Crippen LogP contribution in [0.2, 0.25) is 0 Å². The molecule has 0 aliphatic heterocycles. The number of nitrogens with zero attached hydrogens (tertiary/aromatic N) is 2. The van der Waals surface area contributed by atoms with E-state index in [-0.39, 0.29) is 0 Å². The van der Waals surface area contributed by atoms with E-state index >= 15 is 0 Å².